The SMILES string of the molecule is O=C(O)N1CCC(CN[C@@H]2C[C@H]2c2ccccc2)(Cc2ccc(Cl)nc2)CC1. The van der Waals surface area contributed by atoms with Gasteiger partial charge in [0.15, 0.2) is 0 Å². The molecule has 0 bridgehead atoms. The number of hydrogen-bond acceptors (Lipinski definition) is 3. The number of amides is 1. The first kappa shape index (κ1) is 19.2. The highest BCUT2D eigenvalue weighted by Gasteiger charge is 2.41. The summed E-state index contributed by atoms with van der Waals surface area (Å²) < 4.78 is 0. The van der Waals surface area contributed by atoms with Crippen LogP contribution in [0.2, 0.25) is 5.15 Å². The number of benzene rings is 1. The quantitative estimate of drug-likeness (QED) is 0.715. The highest BCUT2D eigenvalue weighted by molar-refractivity contribution is 6.29. The summed E-state index contributed by atoms with van der Waals surface area (Å²) in [5.41, 5.74) is 2.60. The van der Waals surface area contributed by atoms with E-state index in [1.54, 1.807) is 0 Å². The molecule has 1 aliphatic heterocycles. The second-order valence-corrected chi connectivity index (χ2v) is 8.56. The van der Waals surface area contributed by atoms with Crippen molar-refractivity contribution in [2.45, 2.75) is 37.6 Å². The smallest absolute Gasteiger partial charge is 0.407 e. The molecule has 1 aliphatic carbocycles. The number of nitrogens with one attached hydrogen (secondary N) is 1. The molecular weight excluding hydrogens is 374 g/mol. The van der Waals surface area contributed by atoms with Crippen molar-refractivity contribution in [3.05, 3.63) is 64.9 Å². The minimum absolute atomic E-state index is 0.0469. The predicted octanol–water partition coefficient (Wildman–Crippen LogP) is 4.18. The molecule has 4 rings (SSSR count). The van der Waals surface area contributed by atoms with Gasteiger partial charge in [-0.2, -0.15) is 0 Å². The van der Waals surface area contributed by atoms with Gasteiger partial charge in [0.1, 0.15) is 5.15 Å². The van der Waals surface area contributed by atoms with Crippen LogP contribution >= 0.6 is 11.6 Å². The van der Waals surface area contributed by atoms with Gasteiger partial charge in [0.2, 0.25) is 0 Å². The van der Waals surface area contributed by atoms with Crippen molar-refractivity contribution < 1.29 is 9.90 Å². The molecule has 6 heteroatoms. The average molecular weight is 400 g/mol. The number of pyridine rings is 1. The number of carboxylic acid groups (broad SMARTS) is 1. The summed E-state index contributed by atoms with van der Waals surface area (Å²) in [5.74, 6) is 0.592. The van der Waals surface area contributed by atoms with E-state index < -0.39 is 6.09 Å². The number of rotatable bonds is 6. The van der Waals surface area contributed by atoms with E-state index in [1.165, 1.54) is 16.9 Å². The number of piperidine rings is 1. The summed E-state index contributed by atoms with van der Waals surface area (Å²) in [4.78, 5) is 17.1. The van der Waals surface area contributed by atoms with Crippen molar-refractivity contribution in [2.75, 3.05) is 19.6 Å². The van der Waals surface area contributed by atoms with Crippen molar-refractivity contribution >= 4 is 17.7 Å². The van der Waals surface area contributed by atoms with Crippen LogP contribution in [0.25, 0.3) is 0 Å². The number of carbonyl (C=O) groups is 1. The lowest BCUT2D eigenvalue weighted by Crippen LogP contribution is -2.48. The van der Waals surface area contributed by atoms with Gasteiger partial charge in [0.25, 0.3) is 0 Å². The first-order valence-corrected chi connectivity index (χ1v) is 10.3. The maximum Gasteiger partial charge on any atom is 0.407 e. The molecule has 1 saturated carbocycles. The zero-order valence-electron chi connectivity index (χ0n) is 15.9. The summed E-state index contributed by atoms with van der Waals surface area (Å²) in [5, 5.41) is 13.6. The first-order chi connectivity index (χ1) is 13.5. The van der Waals surface area contributed by atoms with Crippen molar-refractivity contribution in [3.8, 4) is 0 Å². The van der Waals surface area contributed by atoms with Crippen LogP contribution in [0.3, 0.4) is 0 Å². The molecule has 2 aliphatic rings. The number of hydrogen-bond donors (Lipinski definition) is 2. The molecule has 1 amide bonds. The normalized spacial score (nSPS) is 23.4. The summed E-state index contributed by atoms with van der Waals surface area (Å²) in [6.45, 7) is 2.08. The Morgan fingerprint density at radius 2 is 1.96 bits per heavy atom. The van der Waals surface area contributed by atoms with Gasteiger partial charge in [0, 0.05) is 37.8 Å². The Kier molecular flexibility index (Phi) is 5.56. The standard InChI is InChI=1S/C22H26ClN3O2/c23-20-7-6-16(14-24-20)13-22(8-10-26(11-9-22)21(27)28)15-25-19-12-18(19)17-4-2-1-3-5-17/h1-7,14,18-19,25H,8-13,15H2,(H,27,28)/t18-,19+/m0/s1. The fourth-order valence-electron chi connectivity index (χ4n) is 4.37. The van der Waals surface area contributed by atoms with Gasteiger partial charge in [-0.05, 0) is 48.3 Å². The van der Waals surface area contributed by atoms with Crippen molar-refractivity contribution in [3.63, 3.8) is 0 Å². The van der Waals surface area contributed by atoms with Gasteiger partial charge in [-0.15, -0.1) is 0 Å². The van der Waals surface area contributed by atoms with Crippen LogP contribution in [-0.4, -0.2) is 46.8 Å². The number of nitrogens with zero attached hydrogens (tertiary/aromatic N) is 2. The van der Waals surface area contributed by atoms with E-state index in [4.69, 9.17) is 11.6 Å². The van der Waals surface area contributed by atoms with Crippen LogP contribution in [0, 0.1) is 5.41 Å². The zero-order valence-corrected chi connectivity index (χ0v) is 16.6. The molecule has 2 aromatic rings. The minimum Gasteiger partial charge on any atom is -0.465 e. The van der Waals surface area contributed by atoms with Crippen LogP contribution in [-0.2, 0) is 6.42 Å². The molecule has 0 spiro atoms. The second kappa shape index (κ2) is 8.10. The van der Waals surface area contributed by atoms with Crippen LogP contribution in [0.15, 0.2) is 48.7 Å². The summed E-state index contributed by atoms with van der Waals surface area (Å²) in [6.07, 6.45) is 4.80. The summed E-state index contributed by atoms with van der Waals surface area (Å²) in [7, 11) is 0. The fraction of sp³-hybridized carbons (Fsp3) is 0.455. The van der Waals surface area contributed by atoms with Gasteiger partial charge in [0.05, 0.1) is 0 Å². The molecule has 0 unspecified atom stereocenters. The van der Waals surface area contributed by atoms with E-state index >= 15 is 0 Å². The van der Waals surface area contributed by atoms with Crippen LogP contribution in [0.5, 0.6) is 0 Å². The molecule has 148 valence electrons. The van der Waals surface area contributed by atoms with Gasteiger partial charge in [-0.25, -0.2) is 9.78 Å². The third-order valence-electron chi connectivity index (χ3n) is 6.22. The van der Waals surface area contributed by atoms with E-state index in [-0.39, 0.29) is 5.41 Å². The Morgan fingerprint density at radius 1 is 1.21 bits per heavy atom. The van der Waals surface area contributed by atoms with Crippen molar-refractivity contribution in [1.82, 2.24) is 15.2 Å². The molecule has 5 nitrogen and oxygen atoms in total. The van der Waals surface area contributed by atoms with Crippen LogP contribution in [0.1, 0.15) is 36.3 Å². The Balaban J connectivity index is 1.41. The van der Waals surface area contributed by atoms with Gasteiger partial charge >= 0.3 is 6.09 Å². The Hall–Kier alpha value is -2.11. The molecule has 2 N–H and O–H groups in total. The maximum absolute atomic E-state index is 11.3. The molecule has 2 fully saturated rings. The fourth-order valence-corrected chi connectivity index (χ4v) is 4.48. The summed E-state index contributed by atoms with van der Waals surface area (Å²) >= 11 is 5.93. The molecule has 1 aromatic heterocycles. The molecule has 28 heavy (non-hydrogen) atoms. The minimum atomic E-state index is -0.818. The molecular formula is C22H26ClN3O2. The van der Waals surface area contributed by atoms with E-state index in [2.05, 4.69) is 40.6 Å². The topological polar surface area (TPSA) is 65.5 Å². The number of likely N-dealkylation sites (tertiary alicyclic amines) is 1. The lowest BCUT2D eigenvalue weighted by atomic mass is 9.74. The first-order valence-electron chi connectivity index (χ1n) is 9.91. The van der Waals surface area contributed by atoms with Crippen LogP contribution in [0.4, 0.5) is 4.79 Å². The highest BCUT2D eigenvalue weighted by Crippen LogP contribution is 2.42. The molecule has 0 radical (unpaired) electrons. The zero-order chi connectivity index (χ0) is 19.6. The van der Waals surface area contributed by atoms with Crippen LogP contribution < -0.4 is 5.32 Å². The second-order valence-electron chi connectivity index (χ2n) is 8.18. The third kappa shape index (κ3) is 4.47. The monoisotopic (exact) mass is 399 g/mol. The Bertz CT molecular complexity index is 804. The largest absolute Gasteiger partial charge is 0.465 e. The van der Waals surface area contributed by atoms with Gasteiger partial charge in [-0.3, -0.25) is 0 Å². The van der Waals surface area contributed by atoms with E-state index in [9.17, 15) is 9.90 Å². The number of aromatic nitrogens is 1. The van der Waals surface area contributed by atoms with Gasteiger partial charge < -0.3 is 15.3 Å². The lowest BCUT2D eigenvalue weighted by molar-refractivity contribution is 0.0877. The van der Waals surface area contributed by atoms with E-state index in [0.29, 0.717) is 30.2 Å². The van der Waals surface area contributed by atoms with Crippen molar-refractivity contribution in [1.29, 1.82) is 0 Å². The lowest BCUT2D eigenvalue weighted by Gasteiger charge is -2.41. The molecule has 2 atom stereocenters. The third-order valence-corrected chi connectivity index (χ3v) is 6.44. The summed E-state index contributed by atoms with van der Waals surface area (Å²) in [6, 6.07) is 15.0. The highest BCUT2D eigenvalue weighted by atomic mass is 35.5. The average Bonchev–Trinajstić information content (AvgIpc) is 3.49. The Morgan fingerprint density at radius 3 is 2.61 bits per heavy atom. The molecule has 1 saturated heterocycles. The maximum atomic E-state index is 11.3. The predicted molar refractivity (Wildman–Crippen MR) is 110 cm³/mol. The van der Waals surface area contributed by atoms with Crippen molar-refractivity contribution in [2.24, 2.45) is 5.41 Å². The number of halogens is 1. The van der Waals surface area contributed by atoms with Gasteiger partial charge in [-0.1, -0.05) is 48.0 Å². The molecule has 1 aromatic carbocycles. The van der Waals surface area contributed by atoms with E-state index in [1.807, 2.05) is 18.3 Å². The Labute approximate surface area is 170 Å². The van der Waals surface area contributed by atoms with E-state index in [0.717, 1.165) is 31.4 Å². The molecule has 2 heterocycles.